The van der Waals surface area contributed by atoms with Gasteiger partial charge in [0.15, 0.2) is 9.84 Å². The van der Waals surface area contributed by atoms with Gasteiger partial charge in [-0.3, -0.25) is 9.59 Å². The van der Waals surface area contributed by atoms with Crippen LogP contribution in [0.2, 0.25) is 0 Å². The number of thiophene rings is 1. The molecule has 1 aromatic carbocycles. The second-order valence-corrected chi connectivity index (χ2v) is 11.7. The lowest BCUT2D eigenvalue weighted by molar-refractivity contribution is -0.123. The van der Waals surface area contributed by atoms with Gasteiger partial charge in [0.25, 0.3) is 5.91 Å². The van der Waals surface area contributed by atoms with Crippen molar-refractivity contribution in [1.82, 2.24) is 10.6 Å². The Morgan fingerprint density at radius 2 is 1.76 bits per heavy atom. The number of carbonyl (C=O) groups excluding carboxylic acids is 2. The molecule has 0 unspecified atom stereocenters. The average Bonchev–Trinajstić information content (AvgIpc) is 3.29. The maximum Gasteiger partial charge on any atom is 0.262 e. The number of carbonyl (C=O) groups is 2. The van der Waals surface area contributed by atoms with Crippen molar-refractivity contribution in [3.05, 3.63) is 47.1 Å². The molecule has 0 spiro atoms. The summed E-state index contributed by atoms with van der Waals surface area (Å²) in [6.07, 6.45) is 7.14. The first-order valence-corrected chi connectivity index (χ1v) is 13.8. The number of benzene rings is 1. The number of rotatable bonds is 10. The topological polar surface area (TPSA) is 104 Å². The van der Waals surface area contributed by atoms with Crippen molar-refractivity contribution in [2.24, 2.45) is 5.92 Å². The molecule has 3 rings (SSSR count). The van der Waals surface area contributed by atoms with E-state index in [-0.39, 0.29) is 20.8 Å². The molecule has 0 aliphatic heterocycles. The fraction of sp³-hybridized carbons (Fsp3) is 0.478. The number of hydrogen-bond donors (Lipinski definition) is 3. The SMILES string of the molecule is CS(=O)(=O)c1ccc(C(=O)N[C@@H](CC2CCCCC2)C(=O)NCCNc2ccc(F)cc2)s1. The van der Waals surface area contributed by atoms with Gasteiger partial charge in [-0.1, -0.05) is 32.1 Å². The zero-order valence-electron chi connectivity index (χ0n) is 18.6. The van der Waals surface area contributed by atoms with Crippen LogP contribution in [0.25, 0.3) is 0 Å². The highest BCUT2D eigenvalue weighted by atomic mass is 32.2. The Balaban J connectivity index is 1.58. The molecule has 1 atom stereocenters. The Labute approximate surface area is 198 Å². The van der Waals surface area contributed by atoms with Crippen molar-refractivity contribution in [2.75, 3.05) is 24.7 Å². The fourth-order valence-corrected chi connectivity index (χ4v) is 5.77. The van der Waals surface area contributed by atoms with Crippen molar-refractivity contribution < 1.29 is 22.4 Å². The number of amides is 2. The zero-order chi connectivity index (χ0) is 23.8. The molecule has 1 aliphatic carbocycles. The van der Waals surface area contributed by atoms with Crippen LogP contribution in [0.15, 0.2) is 40.6 Å². The van der Waals surface area contributed by atoms with Gasteiger partial charge in [0.2, 0.25) is 5.91 Å². The number of sulfone groups is 1. The standard InChI is InChI=1S/C23H30FN3O4S2/c1-33(30,31)21-12-11-20(32-21)23(29)27-19(15-16-5-3-2-4-6-16)22(28)26-14-13-25-18-9-7-17(24)8-10-18/h7-12,16,19,25H,2-6,13-15H2,1H3,(H,26,28)(H,27,29)/t19-/m0/s1. The van der Waals surface area contributed by atoms with Crippen LogP contribution in [-0.2, 0) is 14.6 Å². The molecule has 2 aromatic rings. The zero-order valence-corrected chi connectivity index (χ0v) is 20.2. The van der Waals surface area contributed by atoms with E-state index in [4.69, 9.17) is 0 Å². The van der Waals surface area contributed by atoms with Crippen LogP contribution in [0.3, 0.4) is 0 Å². The van der Waals surface area contributed by atoms with E-state index < -0.39 is 21.8 Å². The summed E-state index contributed by atoms with van der Waals surface area (Å²) < 4.78 is 36.6. The fourth-order valence-electron chi connectivity index (χ4n) is 3.94. The maximum atomic E-state index is 13.0. The smallest absolute Gasteiger partial charge is 0.262 e. The van der Waals surface area contributed by atoms with Gasteiger partial charge < -0.3 is 16.0 Å². The second-order valence-electron chi connectivity index (χ2n) is 8.38. The van der Waals surface area contributed by atoms with Crippen LogP contribution < -0.4 is 16.0 Å². The summed E-state index contributed by atoms with van der Waals surface area (Å²) in [4.78, 5) is 25.9. The molecule has 10 heteroatoms. The summed E-state index contributed by atoms with van der Waals surface area (Å²) in [5, 5.41) is 8.78. The molecule has 1 fully saturated rings. The lowest BCUT2D eigenvalue weighted by Crippen LogP contribution is -2.48. The van der Waals surface area contributed by atoms with Gasteiger partial charge in [-0.25, -0.2) is 12.8 Å². The van der Waals surface area contributed by atoms with E-state index in [1.54, 1.807) is 12.1 Å². The summed E-state index contributed by atoms with van der Waals surface area (Å²) >= 11 is 0.899. The van der Waals surface area contributed by atoms with Gasteiger partial charge in [0.1, 0.15) is 16.1 Å². The molecule has 1 aromatic heterocycles. The van der Waals surface area contributed by atoms with Crippen molar-refractivity contribution in [3.63, 3.8) is 0 Å². The van der Waals surface area contributed by atoms with Gasteiger partial charge >= 0.3 is 0 Å². The monoisotopic (exact) mass is 495 g/mol. The van der Waals surface area contributed by atoms with Gasteiger partial charge in [0.05, 0.1) is 4.88 Å². The third-order valence-electron chi connectivity index (χ3n) is 5.68. The molecule has 7 nitrogen and oxygen atoms in total. The van der Waals surface area contributed by atoms with E-state index in [0.717, 1.165) is 49.0 Å². The minimum absolute atomic E-state index is 0.118. The molecule has 1 heterocycles. The number of nitrogens with one attached hydrogen (secondary N) is 3. The van der Waals surface area contributed by atoms with Crippen molar-refractivity contribution in [2.45, 2.75) is 48.8 Å². The number of anilines is 1. The highest BCUT2D eigenvalue weighted by Crippen LogP contribution is 2.28. The van der Waals surface area contributed by atoms with Crippen LogP contribution in [0, 0.1) is 11.7 Å². The van der Waals surface area contributed by atoms with Crippen LogP contribution in [-0.4, -0.2) is 45.6 Å². The molecule has 33 heavy (non-hydrogen) atoms. The van der Waals surface area contributed by atoms with Crippen LogP contribution in [0.4, 0.5) is 10.1 Å². The predicted octanol–water partition coefficient (Wildman–Crippen LogP) is 3.59. The average molecular weight is 496 g/mol. The van der Waals surface area contributed by atoms with Crippen molar-refractivity contribution in [3.8, 4) is 0 Å². The number of hydrogen-bond acceptors (Lipinski definition) is 6. The first kappa shape index (κ1) is 25.2. The second kappa shape index (κ2) is 11.6. The van der Waals surface area contributed by atoms with Gasteiger partial charge in [-0.15, -0.1) is 11.3 Å². The van der Waals surface area contributed by atoms with Gasteiger partial charge in [-0.2, -0.15) is 0 Å². The van der Waals surface area contributed by atoms with Gasteiger partial charge in [0, 0.05) is 25.0 Å². The van der Waals surface area contributed by atoms with E-state index in [1.807, 2.05) is 0 Å². The highest BCUT2D eigenvalue weighted by molar-refractivity contribution is 7.92. The first-order valence-electron chi connectivity index (χ1n) is 11.1. The third kappa shape index (κ3) is 7.82. The minimum atomic E-state index is -3.39. The van der Waals surface area contributed by atoms with E-state index in [9.17, 15) is 22.4 Å². The van der Waals surface area contributed by atoms with E-state index in [0.29, 0.717) is 25.4 Å². The lowest BCUT2D eigenvalue weighted by atomic mass is 9.84. The Morgan fingerprint density at radius 1 is 1.06 bits per heavy atom. The van der Waals surface area contributed by atoms with Gasteiger partial charge in [-0.05, 0) is 48.7 Å². The van der Waals surface area contributed by atoms with E-state index >= 15 is 0 Å². The van der Waals surface area contributed by atoms with Crippen molar-refractivity contribution >= 4 is 38.7 Å². The molecule has 180 valence electrons. The molecule has 3 N–H and O–H groups in total. The molecule has 0 radical (unpaired) electrons. The van der Waals surface area contributed by atoms with Crippen LogP contribution >= 0.6 is 11.3 Å². The molecular formula is C23H30FN3O4S2. The summed E-state index contributed by atoms with van der Waals surface area (Å²) in [6, 6.07) is 8.14. The predicted molar refractivity (Wildman–Crippen MR) is 128 cm³/mol. The summed E-state index contributed by atoms with van der Waals surface area (Å²) in [5.74, 6) is -0.670. The molecule has 1 aliphatic rings. The first-order chi connectivity index (χ1) is 15.7. The summed E-state index contributed by atoms with van der Waals surface area (Å²) in [7, 11) is -3.39. The van der Waals surface area contributed by atoms with Crippen LogP contribution in [0.5, 0.6) is 0 Å². The molecule has 0 bridgehead atoms. The lowest BCUT2D eigenvalue weighted by Gasteiger charge is -2.26. The molecule has 1 saturated carbocycles. The Morgan fingerprint density at radius 3 is 2.39 bits per heavy atom. The number of halogens is 1. The normalized spacial score (nSPS) is 15.6. The van der Waals surface area contributed by atoms with E-state index in [2.05, 4.69) is 16.0 Å². The molecule has 2 amide bonds. The Bertz CT molecular complexity index is 1050. The molecule has 0 saturated heterocycles. The maximum absolute atomic E-state index is 13.0. The molecular weight excluding hydrogens is 465 g/mol. The third-order valence-corrected chi connectivity index (χ3v) is 8.59. The Hall–Kier alpha value is -2.46. The van der Waals surface area contributed by atoms with Crippen molar-refractivity contribution in [1.29, 1.82) is 0 Å². The highest BCUT2D eigenvalue weighted by Gasteiger charge is 2.27. The van der Waals surface area contributed by atoms with Crippen LogP contribution in [0.1, 0.15) is 48.2 Å². The quantitative estimate of drug-likeness (QED) is 0.437. The van der Waals surface area contributed by atoms with E-state index in [1.165, 1.54) is 30.7 Å². The summed E-state index contributed by atoms with van der Waals surface area (Å²) in [6.45, 7) is 0.786. The largest absolute Gasteiger partial charge is 0.383 e. The summed E-state index contributed by atoms with van der Waals surface area (Å²) in [5.41, 5.74) is 0.747. The Kier molecular flexibility index (Phi) is 8.85. The minimum Gasteiger partial charge on any atom is -0.383 e.